The number of anilines is 1. The van der Waals surface area contributed by atoms with Crippen LogP contribution in [0.2, 0.25) is 0 Å². The quantitative estimate of drug-likeness (QED) is 0.662. The lowest BCUT2D eigenvalue weighted by atomic mass is 10.2. The van der Waals surface area contributed by atoms with Crippen LogP contribution >= 0.6 is 0 Å². The summed E-state index contributed by atoms with van der Waals surface area (Å²) >= 11 is 0. The standard InChI is InChI=1S/C20H21N3O5S/c1-3-23(4-2)29(26,27)18-11-7-16(8-12-18)20(25)28-14-19(24)22-17-9-5-15(13-21)6-10-17/h5-12H,3-4,14H2,1-2H3,(H,22,24). The van der Waals surface area contributed by atoms with E-state index in [9.17, 15) is 18.0 Å². The van der Waals surface area contributed by atoms with Crippen LogP contribution in [0.25, 0.3) is 0 Å². The zero-order valence-corrected chi connectivity index (χ0v) is 16.9. The number of nitriles is 1. The average molecular weight is 415 g/mol. The number of hydrogen-bond donors (Lipinski definition) is 1. The Kier molecular flexibility index (Phi) is 7.47. The summed E-state index contributed by atoms with van der Waals surface area (Å²) in [6.07, 6.45) is 0. The van der Waals surface area contributed by atoms with Gasteiger partial charge in [0.1, 0.15) is 0 Å². The van der Waals surface area contributed by atoms with Crippen molar-refractivity contribution in [2.24, 2.45) is 0 Å². The molecule has 2 rings (SSSR count). The van der Waals surface area contributed by atoms with Gasteiger partial charge in [-0.3, -0.25) is 4.79 Å². The summed E-state index contributed by atoms with van der Waals surface area (Å²) in [5, 5.41) is 11.3. The fraction of sp³-hybridized carbons (Fsp3) is 0.250. The van der Waals surface area contributed by atoms with Gasteiger partial charge in [0.15, 0.2) is 6.61 Å². The maximum absolute atomic E-state index is 12.4. The van der Waals surface area contributed by atoms with E-state index in [0.29, 0.717) is 24.3 Å². The van der Waals surface area contributed by atoms with Crippen molar-refractivity contribution in [3.8, 4) is 6.07 Å². The van der Waals surface area contributed by atoms with Crippen LogP contribution in [0, 0.1) is 11.3 Å². The first kappa shape index (κ1) is 22.1. The van der Waals surface area contributed by atoms with E-state index in [-0.39, 0.29) is 10.5 Å². The van der Waals surface area contributed by atoms with Crippen LogP contribution in [-0.4, -0.2) is 44.3 Å². The molecule has 0 saturated heterocycles. The molecule has 0 spiro atoms. The summed E-state index contributed by atoms with van der Waals surface area (Å²) in [5.74, 6) is -1.28. The summed E-state index contributed by atoms with van der Waals surface area (Å²) in [6.45, 7) is 3.68. The minimum absolute atomic E-state index is 0.0799. The lowest BCUT2D eigenvalue weighted by Crippen LogP contribution is -2.30. The fourth-order valence-corrected chi connectivity index (χ4v) is 3.97. The highest BCUT2D eigenvalue weighted by Crippen LogP contribution is 2.16. The number of hydrogen-bond acceptors (Lipinski definition) is 6. The van der Waals surface area contributed by atoms with Crippen molar-refractivity contribution in [1.82, 2.24) is 4.31 Å². The predicted octanol–water partition coefficient (Wildman–Crippen LogP) is 2.38. The molecule has 2 aromatic carbocycles. The van der Waals surface area contributed by atoms with E-state index in [1.165, 1.54) is 28.6 Å². The third-order valence-corrected chi connectivity index (χ3v) is 6.13. The number of nitrogens with zero attached hydrogens (tertiary/aromatic N) is 2. The van der Waals surface area contributed by atoms with Gasteiger partial charge < -0.3 is 10.1 Å². The van der Waals surface area contributed by atoms with Gasteiger partial charge in [-0.05, 0) is 48.5 Å². The molecule has 8 nitrogen and oxygen atoms in total. The number of benzene rings is 2. The van der Waals surface area contributed by atoms with Crippen LogP contribution in [-0.2, 0) is 19.6 Å². The monoisotopic (exact) mass is 415 g/mol. The number of carbonyl (C=O) groups is 2. The molecule has 1 amide bonds. The van der Waals surface area contributed by atoms with E-state index in [4.69, 9.17) is 10.00 Å². The van der Waals surface area contributed by atoms with E-state index in [1.807, 2.05) is 6.07 Å². The van der Waals surface area contributed by atoms with E-state index < -0.39 is 28.5 Å². The Bertz CT molecular complexity index is 1010. The lowest BCUT2D eigenvalue weighted by molar-refractivity contribution is -0.119. The van der Waals surface area contributed by atoms with Gasteiger partial charge in [0.25, 0.3) is 5.91 Å². The first-order valence-corrected chi connectivity index (χ1v) is 10.3. The second-order valence-electron chi connectivity index (χ2n) is 5.93. The van der Waals surface area contributed by atoms with Crippen molar-refractivity contribution in [2.45, 2.75) is 18.7 Å². The van der Waals surface area contributed by atoms with E-state index in [0.717, 1.165) is 0 Å². The van der Waals surface area contributed by atoms with Crippen molar-refractivity contribution in [3.63, 3.8) is 0 Å². The SMILES string of the molecule is CCN(CC)S(=O)(=O)c1ccc(C(=O)OCC(=O)Nc2ccc(C#N)cc2)cc1. The van der Waals surface area contributed by atoms with Crippen molar-refractivity contribution >= 4 is 27.6 Å². The molecule has 0 atom stereocenters. The van der Waals surface area contributed by atoms with Gasteiger partial charge in [0.05, 0.1) is 22.1 Å². The molecule has 0 unspecified atom stereocenters. The maximum Gasteiger partial charge on any atom is 0.338 e. The smallest absolute Gasteiger partial charge is 0.338 e. The van der Waals surface area contributed by atoms with E-state index >= 15 is 0 Å². The Morgan fingerprint density at radius 2 is 1.62 bits per heavy atom. The van der Waals surface area contributed by atoms with Gasteiger partial charge in [-0.1, -0.05) is 13.8 Å². The number of sulfonamides is 1. The van der Waals surface area contributed by atoms with Crippen LogP contribution in [0.4, 0.5) is 5.69 Å². The highest BCUT2D eigenvalue weighted by atomic mass is 32.2. The van der Waals surface area contributed by atoms with Crippen LogP contribution in [0.3, 0.4) is 0 Å². The molecular weight excluding hydrogens is 394 g/mol. The molecule has 0 aliphatic carbocycles. The number of nitrogens with one attached hydrogen (secondary N) is 1. The molecular formula is C20H21N3O5S. The van der Waals surface area contributed by atoms with Crippen molar-refractivity contribution in [3.05, 3.63) is 59.7 Å². The Balaban J connectivity index is 1.95. The molecule has 9 heteroatoms. The number of rotatable bonds is 8. The predicted molar refractivity (Wildman–Crippen MR) is 107 cm³/mol. The molecule has 0 radical (unpaired) electrons. The Morgan fingerprint density at radius 3 is 2.14 bits per heavy atom. The van der Waals surface area contributed by atoms with Crippen molar-refractivity contribution < 1.29 is 22.7 Å². The summed E-state index contributed by atoms with van der Waals surface area (Å²) in [7, 11) is -3.61. The average Bonchev–Trinajstić information content (AvgIpc) is 2.73. The number of esters is 1. The fourth-order valence-electron chi connectivity index (χ4n) is 2.52. The molecule has 0 bridgehead atoms. The molecule has 152 valence electrons. The Hall–Kier alpha value is -3.22. The second kappa shape index (κ2) is 9.82. The molecule has 0 aromatic heterocycles. The van der Waals surface area contributed by atoms with Crippen LogP contribution in [0.1, 0.15) is 29.8 Å². The first-order chi connectivity index (χ1) is 13.8. The van der Waals surface area contributed by atoms with Crippen LogP contribution in [0.15, 0.2) is 53.4 Å². The molecule has 0 aliphatic heterocycles. The Morgan fingerprint density at radius 1 is 1.03 bits per heavy atom. The zero-order chi connectivity index (χ0) is 21.4. The summed E-state index contributed by atoms with van der Waals surface area (Å²) in [6, 6.07) is 13.6. The van der Waals surface area contributed by atoms with Gasteiger partial charge in [-0.25, -0.2) is 13.2 Å². The van der Waals surface area contributed by atoms with Gasteiger partial charge in [0, 0.05) is 18.8 Å². The third kappa shape index (κ3) is 5.63. The van der Waals surface area contributed by atoms with E-state index in [1.54, 1.807) is 38.1 Å². The summed E-state index contributed by atoms with van der Waals surface area (Å²) in [4.78, 5) is 24.1. The molecule has 0 heterocycles. The summed E-state index contributed by atoms with van der Waals surface area (Å²) in [5.41, 5.74) is 1.06. The topological polar surface area (TPSA) is 117 Å². The highest BCUT2D eigenvalue weighted by molar-refractivity contribution is 7.89. The van der Waals surface area contributed by atoms with Gasteiger partial charge in [0.2, 0.25) is 10.0 Å². The number of amides is 1. The molecule has 0 aliphatic rings. The maximum atomic E-state index is 12.4. The molecule has 0 saturated carbocycles. The van der Waals surface area contributed by atoms with Crippen molar-refractivity contribution in [2.75, 3.05) is 25.0 Å². The number of ether oxygens (including phenoxy) is 1. The molecule has 1 N–H and O–H groups in total. The third-order valence-electron chi connectivity index (χ3n) is 4.07. The van der Waals surface area contributed by atoms with E-state index in [2.05, 4.69) is 5.32 Å². The minimum Gasteiger partial charge on any atom is -0.452 e. The Labute approximate surface area is 169 Å². The molecule has 29 heavy (non-hydrogen) atoms. The number of carbonyl (C=O) groups excluding carboxylic acids is 2. The van der Waals surface area contributed by atoms with Gasteiger partial charge in [-0.2, -0.15) is 9.57 Å². The summed E-state index contributed by atoms with van der Waals surface area (Å²) < 4.78 is 31.2. The largest absolute Gasteiger partial charge is 0.452 e. The van der Waals surface area contributed by atoms with Gasteiger partial charge >= 0.3 is 5.97 Å². The van der Waals surface area contributed by atoms with Crippen LogP contribution in [0.5, 0.6) is 0 Å². The molecule has 2 aromatic rings. The van der Waals surface area contributed by atoms with Crippen LogP contribution < -0.4 is 5.32 Å². The molecule has 0 fully saturated rings. The highest BCUT2D eigenvalue weighted by Gasteiger charge is 2.22. The first-order valence-electron chi connectivity index (χ1n) is 8.89. The van der Waals surface area contributed by atoms with Gasteiger partial charge in [-0.15, -0.1) is 0 Å². The minimum atomic E-state index is -3.61. The van der Waals surface area contributed by atoms with Crippen molar-refractivity contribution in [1.29, 1.82) is 5.26 Å². The second-order valence-corrected chi connectivity index (χ2v) is 7.87. The zero-order valence-electron chi connectivity index (χ0n) is 16.1. The lowest BCUT2D eigenvalue weighted by Gasteiger charge is -2.18. The normalized spacial score (nSPS) is 11.0.